The third-order valence-electron chi connectivity index (χ3n) is 12.7. The summed E-state index contributed by atoms with van der Waals surface area (Å²) in [5.74, 6) is 0.885. The summed E-state index contributed by atoms with van der Waals surface area (Å²) >= 11 is 0. The van der Waals surface area contributed by atoms with E-state index in [0.717, 1.165) is 44.5 Å². The van der Waals surface area contributed by atoms with Gasteiger partial charge in [-0.15, -0.1) is 0 Å². The molecule has 0 aliphatic rings. The Morgan fingerprint density at radius 2 is 0.683 bits per heavy atom. The average molecular weight is 801 g/mol. The van der Waals surface area contributed by atoms with Gasteiger partial charge < -0.3 is 4.42 Å². The summed E-state index contributed by atoms with van der Waals surface area (Å²) in [6.45, 7) is 0. The van der Waals surface area contributed by atoms with Gasteiger partial charge in [0.2, 0.25) is 0 Å². The van der Waals surface area contributed by atoms with E-state index in [1.807, 2.05) is 6.07 Å². The zero-order valence-electron chi connectivity index (χ0n) is 34.5. The average Bonchev–Trinajstić information content (AvgIpc) is 3.75. The van der Waals surface area contributed by atoms with Crippen molar-refractivity contribution in [2.24, 2.45) is 0 Å². The number of furan rings is 1. The summed E-state index contributed by atoms with van der Waals surface area (Å²) in [6, 6.07) is 87.9. The molecular weight excluding hydrogens is 761 g/mol. The van der Waals surface area contributed by atoms with Crippen molar-refractivity contribution in [3.8, 4) is 78.1 Å². The van der Waals surface area contributed by atoms with Gasteiger partial charge in [0.25, 0.3) is 0 Å². The quantitative estimate of drug-likeness (QED) is 0.146. The predicted octanol–water partition coefficient (Wildman–Crippen LogP) is 17.6. The molecule has 0 fully saturated rings. The molecule has 0 N–H and O–H groups in total. The number of fused-ring (bicyclic) bond motifs is 4. The van der Waals surface area contributed by atoms with Gasteiger partial charge in [-0.3, -0.25) is 0 Å². The number of benzene rings is 11. The maximum atomic E-state index is 6.82. The molecule has 0 aliphatic heterocycles. The van der Waals surface area contributed by atoms with Gasteiger partial charge in [-0.2, -0.15) is 0 Å². The maximum Gasteiger partial charge on any atom is 0.143 e. The van der Waals surface area contributed by atoms with E-state index in [-0.39, 0.29) is 0 Å². The van der Waals surface area contributed by atoms with Crippen LogP contribution in [0, 0.1) is 0 Å². The molecule has 0 saturated carbocycles. The Balaban J connectivity index is 1.12. The lowest BCUT2D eigenvalue weighted by atomic mass is 9.82. The molecule has 0 atom stereocenters. The van der Waals surface area contributed by atoms with E-state index in [0.29, 0.717) is 0 Å². The largest absolute Gasteiger partial charge is 0.455 e. The molecule has 1 aromatic heterocycles. The van der Waals surface area contributed by atoms with Crippen LogP contribution in [0.4, 0.5) is 0 Å². The second-order valence-corrected chi connectivity index (χ2v) is 16.4. The highest BCUT2D eigenvalue weighted by Gasteiger charge is 2.22. The van der Waals surface area contributed by atoms with Crippen molar-refractivity contribution in [2.45, 2.75) is 0 Å². The van der Waals surface area contributed by atoms with Gasteiger partial charge in [0.05, 0.1) is 0 Å². The Kier molecular flexibility index (Phi) is 8.90. The fourth-order valence-electron chi connectivity index (χ4n) is 9.71. The SMILES string of the molecule is c1ccc(-c2ccc3c(-c4cccc5ccccc45)c4cc(-c5ccccc5)ccc4c(-c4cccc(-c5ccc6c(-c7ccccc7)c(-c7ccccc7)oc6c5)c4)c3c2)cc1. The fourth-order valence-corrected chi connectivity index (χ4v) is 9.71. The molecule has 0 amide bonds. The van der Waals surface area contributed by atoms with E-state index >= 15 is 0 Å². The number of hydrogen-bond acceptors (Lipinski definition) is 1. The van der Waals surface area contributed by atoms with Crippen molar-refractivity contribution in [1.29, 1.82) is 0 Å². The molecule has 12 rings (SSSR count). The molecule has 0 unspecified atom stereocenters. The third kappa shape index (κ3) is 6.42. The molecule has 0 aliphatic carbocycles. The first-order valence-electron chi connectivity index (χ1n) is 21.7. The summed E-state index contributed by atoms with van der Waals surface area (Å²) in [5.41, 5.74) is 16.1. The van der Waals surface area contributed by atoms with E-state index in [1.165, 1.54) is 76.8 Å². The highest BCUT2D eigenvalue weighted by Crippen LogP contribution is 2.48. The van der Waals surface area contributed by atoms with Crippen LogP contribution >= 0.6 is 0 Å². The summed E-state index contributed by atoms with van der Waals surface area (Å²) in [5, 5.41) is 8.47. The molecule has 0 saturated heterocycles. The minimum absolute atomic E-state index is 0.867. The van der Waals surface area contributed by atoms with Crippen molar-refractivity contribution in [3.63, 3.8) is 0 Å². The second-order valence-electron chi connectivity index (χ2n) is 16.4. The van der Waals surface area contributed by atoms with Gasteiger partial charge in [-0.05, 0) is 124 Å². The van der Waals surface area contributed by atoms with Crippen LogP contribution in [0.25, 0.3) is 121 Å². The molecule has 11 aromatic carbocycles. The van der Waals surface area contributed by atoms with Crippen LogP contribution < -0.4 is 0 Å². The summed E-state index contributed by atoms with van der Waals surface area (Å²) in [4.78, 5) is 0. The number of hydrogen-bond donors (Lipinski definition) is 0. The van der Waals surface area contributed by atoms with Crippen LogP contribution in [-0.4, -0.2) is 0 Å². The Labute approximate surface area is 366 Å². The lowest BCUT2D eigenvalue weighted by Crippen LogP contribution is -1.93. The lowest BCUT2D eigenvalue weighted by Gasteiger charge is -2.21. The van der Waals surface area contributed by atoms with Crippen molar-refractivity contribution >= 4 is 43.3 Å². The summed E-state index contributed by atoms with van der Waals surface area (Å²) in [6.07, 6.45) is 0. The molecule has 63 heavy (non-hydrogen) atoms. The van der Waals surface area contributed by atoms with Gasteiger partial charge in [-0.1, -0.05) is 212 Å². The van der Waals surface area contributed by atoms with E-state index in [4.69, 9.17) is 4.42 Å². The van der Waals surface area contributed by atoms with Crippen LogP contribution in [0.1, 0.15) is 0 Å². The molecule has 1 nitrogen and oxygen atoms in total. The van der Waals surface area contributed by atoms with E-state index < -0.39 is 0 Å². The monoisotopic (exact) mass is 800 g/mol. The molecule has 0 bridgehead atoms. The fraction of sp³-hybridized carbons (Fsp3) is 0. The Bertz CT molecular complexity index is 3630. The van der Waals surface area contributed by atoms with Gasteiger partial charge >= 0.3 is 0 Å². The highest BCUT2D eigenvalue weighted by molar-refractivity contribution is 6.24. The molecule has 1 heteroatoms. The molecule has 294 valence electrons. The predicted molar refractivity (Wildman–Crippen MR) is 267 cm³/mol. The molecule has 1 heterocycles. The van der Waals surface area contributed by atoms with Crippen molar-refractivity contribution in [1.82, 2.24) is 0 Å². The normalized spacial score (nSPS) is 11.5. The smallest absolute Gasteiger partial charge is 0.143 e. The zero-order valence-corrected chi connectivity index (χ0v) is 34.5. The number of rotatable bonds is 7. The standard InChI is InChI=1S/C62H40O/c1-5-17-41(18-6-1)47-32-35-54-56(38-47)59(53-34-31-48(42-19-7-2-8-20-42)39-57(53)61(54)52-30-16-26-43-21-13-14-29-51(43)52)50-28-15-27-46(37-50)49-33-36-55-58(40-49)63-62(45-24-11-4-12-25-45)60(55)44-22-9-3-10-23-44/h1-40H. The molecule has 12 aromatic rings. The van der Waals surface area contributed by atoms with Gasteiger partial charge in [-0.25, -0.2) is 0 Å². The summed E-state index contributed by atoms with van der Waals surface area (Å²) in [7, 11) is 0. The van der Waals surface area contributed by atoms with Crippen LogP contribution in [-0.2, 0) is 0 Å². The van der Waals surface area contributed by atoms with Crippen LogP contribution in [0.3, 0.4) is 0 Å². The maximum absolute atomic E-state index is 6.82. The van der Waals surface area contributed by atoms with E-state index in [1.54, 1.807) is 0 Å². The van der Waals surface area contributed by atoms with Gasteiger partial charge in [0.1, 0.15) is 11.3 Å². The van der Waals surface area contributed by atoms with E-state index in [9.17, 15) is 0 Å². The van der Waals surface area contributed by atoms with E-state index in [2.05, 4.69) is 237 Å². The van der Waals surface area contributed by atoms with Crippen molar-refractivity contribution in [2.75, 3.05) is 0 Å². The third-order valence-corrected chi connectivity index (χ3v) is 12.7. The van der Waals surface area contributed by atoms with Crippen LogP contribution in [0.2, 0.25) is 0 Å². The highest BCUT2D eigenvalue weighted by atomic mass is 16.3. The van der Waals surface area contributed by atoms with Gasteiger partial charge in [0, 0.05) is 16.5 Å². The lowest BCUT2D eigenvalue weighted by molar-refractivity contribution is 0.632. The summed E-state index contributed by atoms with van der Waals surface area (Å²) < 4.78 is 6.82. The molecule has 0 spiro atoms. The van der Waals surface area contributed by atoms with Gasteiger partial charge in [0.15, 0.2) is 0 Å². The first-order chi connectivity index (χ1) is 31.2. The zero-order chi connectivity index (χ0) is 41.7. The second kappa shape index (κ2) is 15.3. The Morgan fingerprint density at radius 3 is 1.35 bits per heavy atom. The first kappa shape index (κ1) is 36.6. The van der Waals surface area contributed by atoms with Crippen LogP contribution in [0.5, 0.6) is 0 Å². The van der Waals surface area contributed by atoms with Crippen molar-refractivity contribution in [3.05, 3.63) is 243 Å². The first-order valence-corrected chi connectivity index (χ1v) is 21.7. The Morgan fingerprint density at radius 1 is 0.222 bits per heavy atom. The molecular formula is C62H40O. The Hall–Kier alpha value is -8.26. The molecule has 0 radical (unpaired) electrons. The topological polar surface area (TPSA) is 13.1 Å². The minimum atomic E-state index is 0.867. The van der Waals surface area contributed by atoms with Crippen LogP contribution in [0.15, 0.2) is 247 Å². The van der Waals surface area contributed by atoms with Crippen molar-refractivity contribution < 1.29 is 4.42 Å². The minimum Gasteiger partial charge on any atom is -0.455 e.